The zero-order valence-corrected chi connectivity index (χ0v) is 10.8. The van der Waals surface area contributed by atoms with E-state index in [9.17, 15) is 9.18 Å². The molecular formula is C12H10ClFN2OS. The fraction of sp³-hybridized carbons (Fsp3) is 0.167. The molecule has 1 atom stereocenters. The first-order valence-electron chi connectivity index (χ1n) is 5.23. The maximum absolute atomic E-state index is 12.5. The van der Waals surface area contributed by atoms with E-state index in [1.165, 1.54) is 11.3 Å². The average molecular weight is 285 g/mol. The van der Waals surface area contributed by atoms with E-state index in [2.05, 4.69) is 10.3 Å². The van der Waals surface area contributed by atoms with Gasteiger partial charge in [-0.2, -0.15) is 0 Å². The lowest BCUT2D eigenvalue weighted by Crippen LogP contribution is -2.18. The van der Waals surface area contributed by atoms with Crippen molar-refractivity contribution >= 4 is 34.0 Å². The van der Waals surface area contributed by atoms with Gasteiger partial charge in [0.2, 0.25) is 0 Å². The minimum absolute atomic E-state index is 0.356. The fourth-order valence-corrected chi connectivity index (χ4v) is 2.31. The maximum Gasteiger partial charge on any atom is 0.276 e. The quantitative estimate of drug-likeness (QED) is 0.876. The number of nitrogens with zero attached hydrogens (tertiary/aromatic N) is 1. The van der Waals surface area contributed by atoms with E-state index >= 15 is 0 Å². The van der Waals surface area contributed by atoms with Gasteiger partial charge in [0.05, 0.1) is 0 Å². The second-order valence-corrected chi connectivity index (χ2v) is 5.08. The number of hydrogen-bond donors (Lipinski definition) is 1. The Morgan fingerprint density at radius 1 is 1.44 bits per heavy atom. The van der Waals surface area contributed by atoms with Crippen LogP contribution in [-0.4, -0.2) is 16.5 Å². The topological polar surface area (TPSA) is 42.0 Å². The third-order valence-electron chi connectivity index (χ3n) is 2.20. The Morgan fingerprint density at radius 3 is 2.83 bits per heavy atom. The minimum atomic E-state index is -2.05. The monoisotopic (exact) mass is 284 g/mol. The van der Waals surface area contributed by atoms with Gasteiger partial charge in [0.25, 0.3) is 11.5 Å². The normalized spacial score (nSPS) is 12.1. The Balaban J connectivity index is 2.00. The third-order valence-corrected chi connectivity index (χ3v) is 3.31. The van der Waals surface area contributed by atoms with Crippen LogP contribution in [0.4, 0.5) is 9.52 Å². The van der Waals surface area contributed by atoms with Crippen molar-refractivity contribution in [2.75, 3.05) is 5.32 Å². The zero-order chi connectivity index (χ0) is 13.0. The molecule has 0 aliphatic carbocycles. The standard InChI is InChI=1S/C12H10ClFN2OS/c13-10(14)11(17)16-12-15-7-9(18-12)6-8-4-2-1-3-5-8/h1-5,7,10H,6H2,(H,15,16,17). The molecule has 2 aromatic rings. The molecule has 18 heavy (non-hydrogen) atoms. The summed E-state index contributed by atoms with van der Waals surface area (Å²) in [6, 6.07) is 9.88. The van der Waals surface area contributed by atoms with Crippen LogP contribution in [0.3, 0.4) is 0 Å². The van der Waals surface area contributed by atoms with E-state index in [-0.39, 0.29) is 0 Å². The highest BCUT2D eigenvalue weighted by atomic mass is 35.5. The van der Waals surface area contributed by atoms with Gasteiger partial charge in [-0.1, -0.05) is 41.9 Å². The predicted molar refractivity (Wildman–Crippen MR) is 70.7 cm³/mol. The van der Waals surface area contributed by atoms with Crippen LogP contribution in [0.5, 0.6) is 0 Å². The van der Waals surface area contributed by atoms with Crippen molar-refractivity contribution in [3.8, 4) is 0 Å². The summed E-state index contributed by atoms with van der Waals surface area (Å²) in [6.07, 6.45) is 2.39. The Morgan fingerprint density at radius 2 is 2.17 bits per heavy atom. The van der Waals surface area contributed by atoms with Crippen molar-refractivity contribution in [1.82, 2.24) is 4.98 Å². The minimum Gasteiger partial charge on any atom is -0.298 e. The number of carbonyl (C=O) groups is 1. The van der Waals surface area contributed by atoms with E-state index in [1.807, 2.05) is 30.3 Å². The highest BCUT2D eigenvalue weighted by molar-refractivity contribution is 7.15. The van der Waals surface area contributed by atoms with Gasteiger partial charge in [-0.15, -0.1) is 11.3 Å². The molecule has 1 amide bonds. The summed E-state index contributed by atoms with van der Waals surface area (Å²) in [4.78, 5) is 16.0. The fourth-order valence-electron chi connectivity index (χ4n) is 1.40. The van der Waals surface area contributed by atoms with Gasteiger partial charge >= 0.3 is 0 Å². The summed E-state index contributed by atoms with van der Waals surface area (Å²) in [7, 11) is 0. The number of amides is 1. The van der Waals surface area contributed by atoms with Crippen molar-refractivity contribution in [2.24, 2.45) is 0 Å². The van der Waals surface area contributed by atoms with Gasteiger partial charge < -0.3 is 0 Å². The molecule has 0 radical (unpaired) electrons. The molecule has 0 saturated carbocycles. The van der Waals surface area contributed by atoms with Crippen LogP contribution in [-0.2, 0) is 11.2 Å². The number of thiazole rings is 1. The molecule has 1 heterocycles. The van der Waals surface area contributed by atoms with Crippen molar-refractivity contribution in [3.05, 3.63) is 47.0 Å². The molecule has 0 saturated heterocycles. The number of hydrogen-bond acceptors (Lipinski definition) is 3. The number of alkyl halides is 2. The molecule has 1 aromatic carbocycles. The maximum atomic E-state index is 12.5. The molecule has 0 spiro atoms. The summed E-state index contributed by atoms with van der Waals surface area (Å²) in [6.45, 7) is 0. The number of aromatic nitrogens is 1. The van der Waals surface area contributed by atoms with Gasteiger partial charge in [-0.05, 0) is 5.56 Å². The van der Waals surface area contributed by atoms with Gasteiger partial charge in [0.15, 0.2) is 5.13 Å². The Kier molecular flexibility index (Phi) is 4.28. The van der Waals surface area contributed by atoms with Gasteiger partial charge in [0, 0.05) is 17.5 Å². The molecule has 0 fully saturated rings. The summed E-state index contributed by atoms with van der Waals surface area (Å²) >= 11 is 6.32. The second-order valence-electron chi connectivity index (χ2n) is 3.58. The van der Waals surface area contributed by atoms with Crippen LogP contribution in [0.1, 0.15) is 10.4 Å². The second kappa shape index (κ2) is 5.93. The van der Waals surface area contributed by atoms with Crippen molar-refractivity contribution in [2.45, 2.75) is 12.1 Å². The highest BCUT2D eigenvalue weighted by Gasteiger charge is 2.14. The molecule has 94 valence electrons. The Bertz CT molecular complexity index is 530. The number of rotatable bonds is 4. The first kappa shape index (κ1) is 13.0. The Labute approximate surface area is 113 Å². The molecule has 1 N–H and O–H groups in total. The molecule has 2 rings (SSSR count). The molecule has 0 bridgehead atoms. The largest absolute Gasteiger partial charge is 0.298 e. The van der Waals surface area contributed by atoms with Gasteiger partial charge in [-0.25, -0.2) is 9.37 Å². The molecular weight excluding hydrogens is 275 g/mol. The van der Waals surface area contributed by atoms with Crippen LogP contribution in [0, 0.1) is 0 Å². The van der Waals surface area contributed by atoms with E-state index in [0.717, 1.165) is 16.9 Å². The zero-order valence-electron chi connectivity index (χ0n) is 9.27. The molecule has 6 heteroatoms. The van der Waals surface area contributed by atoms with Crippen LogP contribution in [0.15, 0.2) is 36.5 Å². The van der Waals surface area contributed by atoms with E-state index < -0.39 is 11.5 Å². The smallest absolute Gasteiger partial charge is 0.276 e. The molecule has 0 aliphatic heterocycles. The summed E-state index contributed by atoms with van der Waals surface area (Å²) < 4.78 is 12.5. The number of carbonyl (C=O) groups excluding carboxylic acids is 1. The van der Waals surface area contributed by atoms with Crippen molar-refractivity contribution in [1.29, 1.82) is 0 Å². The third kappa shape index (κ3) is 3.51. The first-order chi connectivity index (χ1) is 8.65. The average Bonchev–Trinajstić information content (AvgIpc) is 2.77. The van der Waals surface area contributed by atoms with Crippen LogP contribution >= 0.6 is 22.9 Å². The number of nitrogens with one attached hydrogen (secondary N) is 1. The Hall–Kier alpha value is -1.46. The van der Waals surface area contributed by atoms with Crippen molar-refractivity contribution < 1.29 is 9.18 Å². The lowest BCUT2D eigenvalue weighted by molar-refractivity contribution is -0.118. The SMILES string of the molecule is O=C(Nc1ncc(Cc2ccccc2)s1)C(F)Cl. The summed E-state index contributed by atoms with van der Waals surface area (Å²) in [5.41, 5.74) is -0.897. The highest BCUT2D eigenvalue weighted by Crippen LogP contribution is 2.21. The molecule has 1 aromatic heterocycles. The predicted octanol–water partition coefficient (Wildman–Crippen LogP) is 3.21. The van der Waals surface area contributed by atoms with Gasteiger partial charge in [0.1, 0.15) is 0 Å². The molecule has 0 aliphatic rings. The molecule has 3 nitrogen and oxygen atoms in total. The van der Waals surface area contributed by atoms with Crippen molar-refractivity contribution in [3.63, 3.8) is 0 Å². The van der Waals surface area contributed by atoms with Crippen LogP contribution in [0.2, 0.25) is 0 Å². The number of anilines is 1. The first-order valence-corrected chi connectivity index (χ1v) is 6.48. The molecule has 1 unspecified atom stereocenters. The lowest BCUT2D eigenvalue weighted by atomic mass is 10.1. The van der Waals surface area contributed by atoms with Crippen LogP contribution in [0.25, 0.3) is 0 Å². The lowest BCUT2D eigenvalue weighted by Gasteiger charge is -1.99. The summed E-state index contributed by atoms with van der Waals surface area (Å²) in [5, 5.41) is 2.66. The van der Waals surface area contributed by atoms with Gasteiger partial charge in [-0.3, -0.25) is 10.1 Å². The number of halogens is 2. The van der Waals surface area contributed by atoms with E-state index in [0.29, 0.717) is 5.13 Å². The summed E-state index contributed by atoms with van der Waals surface area (Å²) in [5.74, 6) is -0.891. The number of benzene rings is 1. The van der Waals surface area contributed by atoms with E-state index in [1.54, 1.807) is 6.20 Å². The van der Waals surface area contributed by atoms with Crippen LogP contribution < -0.4 is 5.32 Å². The van der Waals surface area contributed by atoms with E-state index in [4.69, 9.17) is 11.6 Å².